The summed E-state index contributed by atoms with van der Waals surface area (Å²) >= 11 is 0. The minimum absolute atomic E-state index is 0.0472. The number of nitrogens with one attached hydrogen (secondary N) is 1. The van der Waals surface area contributed by atoms with E-state index < -0.39 is 24.0 Å². The summed E-state index contributed by atoms with van der Waals surface area (Å²) in [5.41, 5.74) is 1.46. The molecule has 0 radical (unpaired) electrons. The first kappa shape index (κ1) is 21.4. The van der Waals surface area contributed by atoms with Crippen LogP contribution in [0.2, 0.25) is 0 Å². The number of imidazole rings is 1. The van der Waals surface area contributed by atoms with Gasteiger partial charge < -0.3 is 9.73 Å². The molecule has 7 nitrogen and oxygen atoms in total. The Morgan fingerprint density at radius 2 is 1.70 bits per heavy atom. The van der Waals surface area contributed by atoms with E-state index in [0.29, 0.717) is 35.0 Å². The summed E-state index contributed by atoms with van der Waals surface area (Å²) < 4.78 is 61.4. The quantitative estimate of drug-likeness (QED) is 0.454. The van der Waals surface area contributed by atoms with Gasteiger partial charge in [0.1, 0.15) is 0 Å². The lowest BCUT2D eigenvalue weighted by molar-refractivity contribution is 0.116. The largest absolute Gasteiger partial charge is 0.415 e. The van der Waals surface area contributed by atoms with Crippen molar-refractivity contribution in [1.82, 2.24) is 24.6 Å². The zero-order valence-electron chi connectivity index (χ0n) is 17.3. The lowest BCUT2D eigenvalue weighted by atomic mass is 10.1. The first-order chi connectivity index (χ1) is 15.9. The highest BCUT2D eigenvalue weighted by atomic mass is 19.3. The van der Waals surface area contributed by atoms with Gasteiger partial charge in [0.25, 0.3) is 5.89 Å². The lowest BCUT2D eigenvalue weighted by Crippen LogP contribution is -2.35. The van der Waals surface area contributed by atoms with Crippen LogP contribution in [0.5, 0.6) is 0 Å². The zero-order valence-corrected chi connectivity index (χ0v) is 17.3. The van der Waals surface area contributed by atoms with Crippen molar-refractivity contribution in [2.24, 2.45) is 0 Å². The van der Waals surface area contributed by atoms with Crippen LogP contribution in [-0.2, 0) is 6.54 Å². The number of halogens is 4. The smallest absolute Gasteiger partial charge is 0.329 e. The number of fused-ring (bicyclic) bond motifs is 1. The van der Waals surface area contributed by atoms with Gasteiger partial charge in [-0.25, -0.2) is 13.6 Å². The van der Waals surface area contributed by atoms with E-state index in [-0.39, 0.29) is 24.2 Å². The van der Waals surface area contributed by atoms with Gasteiger partial charge in [0.2, 0.25) is 5.89 Å². The topological polar surface area (TPSA) is 77.9 Å². The number of benzene rings is 2. The Morgan fingerprint density at radius 3 is 2.33 bits per heavy atom. The molecule has 4 aromatic rings. The molecule has 0 saturated carbocycles. The first-order valence-electron chi connectivity index (χ1n) is 10.4. The van der Waals surface area contributed by atoms with Crippen molar-refractivity contribution in [3.63, 3.8) is 0 Å². The van der Waals surface area contributed by atoms with Crippen LogP contribution in [0, 0.1) is 11.6 Å². The van der Waals surface area contributed by atoms with E-state index in [9.17, 15) is 22.4 Å². The average molecular weight is 461 g/mol. The third-order valence-electron chi connectivity index (χ3n) is 5.85. The van der Waals surface area contributed by atoms with Crippen LogP contribution in [0.4, 0.5) is 17.6 Å². The van der Waals surface area contributed by atoms with Crippen LogP contribution in [0.3, 0.4) is 0 Å². The van der Waals surface area contributed by atoms with Crippen molar-refractivity contribution in [2.45, 2.75) is 31.9 Å². The van der Waals surface area contributed by atoms with Crippen LogP contribution in [0.1, 0.15) is 36.8 Å². The summed E-state index contributed by atoms with van der Waals surface area (Å²) in [6.45, 7) is 1.58. The van der Waals surface area contributed by atoms with Gasteiger partial charge in [0.05, 0.1) is 17.6 Å². The fourth-order valence-electron chi connectivity index (χ4n) is 4.22. The Hall–Kier alpha value is -3.47. The van der Waals surface area contributed by atoms with Crippen molar-refractivity contribution < 1.29 is 22.0 Å². The van der Waals surface area contributed by atoms with E-state index in [1.165, 1.54) is 4.57 Å². The Bertz CT molecular complexity index is 1350. The van der Waals surface area contributed by atoms with E-state index in [1.807, 2.05) is 0 Å². The summed E-state index contributed by atoms with van der Waals surface area (Å²) in [6, 6.07) is 8.58. The van der Waals surface area contributed by atoms with Gasteiger partial charge in [0, 0.05) is 23.7 Å². The van der Waals surface area contributed by atoms with Crippen LogP contribution in [0.15, 0.2) is 45.6 Å². The minimum Gasteiger partial charge on any atom is -0.415 e. The zero-order chi connectivity index (χ0) is 23.1. The number of alkyl halides is 2. The Balaban J connectivity index is 1.51. The van der Waals surface area contributed by atoms with Crippen molar-refractivity contribution >= 4 is 11.0 Å². The Morgan fingerprint density at radius 1 is 1.03 bits per heavy atom. The normalized spacial score (nSPS) is 15.1. The molecular formula is C22H19F4N5O2. The fourth-order valence-corrected chi connectivity index (χ4v) is 4.22. The second kappa shape index (κ2) is 8.47. The maximum absolute atomic E-state index is 14.1. The molecule has 0 atom stereocenters. The molecule has 1 N–H and O–H groups in total. The molecule has 0 amide bonds. The maximum Gasteiger partial charge on any atom is 0.329 e. The van der Waals surface area contributed by atoms with E-state index in [0.717, 1.165) is 25.2 Å². The van der Waals surface area contributed by atoms with Gasteiger partial charge in [-0.15, -0.1) is 10.2 Å². The predicted molar refractivity (Wildman–Crippen MR) is 111 cm³/mol. The molecule has 11 heteroatoms. The Labute approximate surface area is 184 Å². The van der Waals surface area contributed by atoms with E-state index in [4.69, 9.17) is 4.42 Å². The van der Waals surface area contributed by atoms with Crippen molar-refractivity contribution in [3.05, 3.63) is 70.0 Å². The molecule has 1 aliphatic rings. The first-order valence-corrected chi connectivity index (χ1v) is 10.4. The summed E-state index contributed by atoms with van der Waals surface area (Å²) in [5, 5.41) is 10.1. The fraction of sp³-hybridized carbons (Fsp3) is 0.318. The number of piperidine rings is 1. The third kappa shape index (κ3) is 3.92. The van der Waals surface area contributed by atoms with Gasteiger partial charge in [-0.05, 0) is 43.6 Å². The van der Waals surface area contributed by atoms with Crippen LogP contribution >= 0.6 is 0 Å². The van der Waals surface area contributed by atoms with Gasteiger partial charge in [-0.1, -0.05) is 12.1 Å². The molecule has 0 bridgehead atoms. The van der Waals surface area contributed by atoms with Gasteiger partial charge in [-0.3, -0.25) is 9.13 Å². The van der Waals surface area contributed by atoms with Crippen LogP contribution < -0.4 is 11.0 Å². The monoisotopic (exact) mass is 461 g/mol. The molecule has 0 unspecified atom stereocenters. The highest BCUT2D eigenvalue weighted by molar-refractivity contribution is 5.76. The number of aromatic nitrogens is 4. The molecule has 1 fully saturated rings. The lowest BCUT2D eigenvalue weighted by Gasteiger charge is -2.23. The highest BCUT2D eigenvalue weighted by Gasteiger charge is 2.24. The standard InChI is InChI=1S/C22H19F4N5O2/c23-15-9-17-18(10-16(15)24)31(14-5-7-27-8-6-14)22(32)30(17)11-12-1-3-13(4-2-12)20-28-29-21(33-20)19(25)26/h1-4,9-10,14,19,27H,5-8,11H2. The molecular weight excluding hydrogens is 442 g/mol. The third-order valence-corrected chi connectivity index (χ3v) is 5.85. The molecule has 5 rings (SSSR count). The molecule has 0 spiro atoms. The summed E-state index contributed by atoms with van der Waals surface area (Å²) in [6.07, 6.45) is -1.45. The Kier molecular flexibility index (Phi) is 5.49. The van der Waals surface area contributed by atoms with Gasteiger partial charge >= 0.3 is 12.1 Å². The number of rotatable bonds is 5. The SMILES string of the molecule is O=c1n(Cc2ccc(-c3nnc(C(F)F)o3)cc2)c2cc(F)c(F)cc2n1C1CCNCC1. The highest BCUT2D eigenvalue weighted by Crippen LogP contribution is 2.27. The van der Waals surface area contributed by atoms with Crippen molar-refractivity contribution in [2.75, 3.05) is 13.1 Å². The van der Waals surface area contributed by atoms with Crippen LogP contribution in [-0.4, -0.2) is 32.4 Å². The number of hydrogen-bond acceptors (Lipinski definition) is 5. The summed E-state index contributed by atoms with van der Waals surface area (Å²) in [5.74, 6) is -2.84. The number of nitrogens with zero attached hydrogens (tertiary/aromatic N) is 4. The molecule has 33 heavy (non-hydrogen) atoms. The van der Waals surface area contributed by atoms with Gasteiger partial charge in [-0.2, -0.15) is 8.78 Å². The predicted octanol–water partition coefficient (Wildman–Crippen LogP) is 4.04. The molecule has 1 saturated heterocycles. The average Bonchev–Trinajstić information content (AvgIpc) is 3.40. The van der Waals surface area contributed by atoms with E-state index in [1.54, 1.807) is 28.8 Å². The van der Waals surface area contributed by atoms with Crippen LogP contribution in [0.25, 0.3) is 22.5 Å². The van der Waals surface area contributed by atoms with E-state index in [2.05, 4.69) is 15.5 Å². The maximum atomic E-state index is 14.1. The molecule has 2 aromatic carbocycles. The molecule has 0 aliphatic carbocycles. The summed E-state index contributed by atoms with van der Waals surface area (Å²) in [4.78, 5) is 13.3. The molecule has 172 valence electrons. The van der Waals surface area contributed by atoms with Gasteiger partial charge in [0.15, 0.2) is 11.6 Å². The summed E-state index contributed by atoms with van der Waals surface area (Å²) in [7, 11) is 0. The minimum atomic E-state index is -2.86. The molecule has 1 aliphatic heterocycles. The van der Waals surface area contributed by atoms with E-state index >= 15 is 0 Å². The molecule has 2 aromatic heterocycles. The number of hydrogen-bond donors (Lipinski definition) is 1. The van der Waals surface area contributed by atoms with Crippen molar-refractivity contribution in [1.29, 1.82) is 0 Å². The second-order valence-corrected chi connectivity index (χ2v) is 7.92. The second-order valence-electron chi connectivity index (χ2n) is 7.92. The molecule has 3 heterocycles. The van der Waals surface area contributed by atoms with Crippen molar-refractivity contribution in [3.8, 4) is 11.5 Å².